The van der Waals surface area contributed by atoms with E-state index >= 15 is 0 Å². The summed E-state index contributed by atoms with van der Waals surface area (Å²) in [5.74, 6) is 0.939. The third-order valence-corrected chi connectivity index (χ3v) is 7.72. The van der Waals surface area contributed by atoms with Gasteiger partial charge in [0.05, 0.1) is 11.4 Å². The Hall–Kier alpha value is -2.22. The van der Waals surface area contributed by atoms with Crippen molar-refractivity contribution in [3.05, 3.63) is 63.7 Å². The SMILES string of the molecule is CC[C@H](C)N(Cc1cccs1)Cc1c(C)nn(-c2ccc(F)cc2)c1N1CCN(CC)CC1. The lowest BCUT2D eigenvalue weighted by atomic mass is 10.1. The number of benzene rings is 1. The number of likely N-dealkylation sites (N-methyl/N-ethyl adjacent to an activating group) is 1. The van der Waals surface area contributed by atoms with E-state index in [1.54, 1.807) is 0 Å². The Balaban J connectivity index is 1.72. The van der Waals surface area contributed by atoms with E-state index in [0.717, 1.165) is 69.4 Å². The topological polar surface area (TPSA) is 27.5 Å². The quantitative estimate of drug-likeness (QED) is 0.424. The number of nitrogens with zero attached hydrogens (tertiary/aromatic N) is 5. The second-order valence-corrected chi connectivity index (χ2v) is 9.97. The van der Waals surface area contributed by atoms with Gasteiger partial charge in [0.15, 0.2) is 0 Å². The van der Waals surface area contributed by atoms with E-state index in [4.69, 9.17) is 5.10 Å². The average Bonchev–Trinajstić information content (AvgIpc) is 3.46. The van der Waals surface area contributed by atoms with Gasteiger partial charge >= 0.3 is 0 Å². The van der Waals surface area contributed by atoms with Gasteiger partial charge in [-0.3, -0.25) is 4.90 Å². The molecule has 0 N–H and O–H groups in total. The molecule has 5 nitrogen and oxygen atoms in total. The Labute approximate surface area is 201 Å². The van der Waals surface area contributed by atoms with Crippen LogP contribution in [0.2, 0.25) is 0 Å². The predicted molar refractivity (Wildman–Crippen MR) is 136 cm³/mol. The third kappa shape index (κ3) is 5.48. The fourth-order valence-corrected chi connectivity index (χ4v) is 5.26. The Morgan fingerprint density at radius 2 is 1.79 bits per heavy atom. The highest BCUT2D eigenvalue weighted by Crippen LogP contribution is 2.31. The van der Waals surface area contributed by atoms with Gasteiger partial charge in [0.2, 0.25) is 0 Å². The average molecular weight is 470 g/mol. The van der Waals surface area contributed by atoms with Gasteiger partial charge in [0.1, 0.15) is 11.6 Å². The molecule has 2 aromatic heterocycles. The van der Waals surface area contributed by atoms with Crippen LogP contribution in [0.15, 0.2) is 41.8 Å². The second kappa shape index (κ2) is 10.8. The lowest BCUT2D eigenvalue weighted by Crippen LogP contribution is -2.47. The zero-order valence-electron chi connectivity index (χ0n) is 20.3. The number of aryl methyl sites for hydroxylation is 1. The van der Waals surface area contributed by atoms with Crippen molar-refractivity contribution in [3.63, 3.8) is 0 Å². The molecule has 1 aliphatic rings. The first kappa shape index (κ1) is 23.9. The molecule has 1 saturated heterocycles. The van der Waals surface area contributed by atoms with Gasteiger partial charge < -0.3 is 9.80 Å². The van der Waals surface area contributed by atoms with E-state index in [1.165, 1.54) is 22.6 Å². The van der Waals surface area contributed by atoms with Crippen molar-refractivity contribution in [2.75, 3.05) is 37.6 Å². The van der Waals surface area contributed by atoms with Crippen LogP contribution in [-0.2, 0) is 13.1 Å². The van der Waals surface area contributed by atoms with E-state index < -0.39 is 0 Å². The number of aromatic nitrogens is 2. The summed E-state index contributed by atoms with van der Waals surface area (Å²) in [4.78, 5) is 8.92. The largest absolute Gasteiger partial charge is 0.354 e. The molecule has 1 atom stereocenters. The maximum Gasteiger partial charge on any atom is 0.137 e. The lowest BCUT2D eigenvalue weighted by molar-refractivity contribution is 0.187. The molecule has 0 saturated carbocycles. The zero-order valence-corrected chi connectivity index (χ0v) is 21.1. The molecule has 178 valence electrons. The summed E-state index contributed by atoms with van der Waals surface area (Å²) in [7, 11) is 0. The van der Waals surface area contributed by atoms with Crippen LogP contribution in [0, 0.1) is 12.7 Å². The summed E-state index contributed by atoms with van der Waals surface area (Å²) in [6.07, 6.45) is 1.10. The second-order valence-electron chi connectivity index (χ2n) is 8.94. The van der Waals surface area contributed by atoms with Crippen LogP contribution in [0.1, 0.15) is 43.3 Å². The number of halogens is 1. The van der Waals surface area contributed by atoms with Crippen LogP contribution in [0.4, 0.5) is 10.2 Å². The number of thiophene rings is 1. The fourth-order valence-electron chi connectivity index (χ4n) is 4.53. The normalized spacial score (nSPS) is 16.0. The highest BCUT2D eigenvalue weighted by atomic mass is 32.1. The minimum atomic E-state index is -0.222. The molecule has 3 aromatic rings. The van der Waals surface area contributed by atoms with E-state index in [1.807, 2.05) is 28.2 Å². The molecule has 7 heteroatoms. The summed E-state index contributed by atoms with van der Waals surface area (Å²) < 4.78 is 15.7. The first-order chi connectivity index (χ1) is 16.0. The van der Waals surface area contributed by atoms with Crippen LogP contribution in [0.3, 0.4) is 0 Å². The van der Waals surface area contributed by atoms with Crippen molar-refractivity contribution in [1.82, 2.24) is 19.6 Å². The maximum atomic E-state index is 13.7. The minimum absolute atomic E-state index is 0.222. The molecule has 33 heavy (non-hydrogen) atoms. The van der Waals surface area contributed by atoms with E-state index in [9.17, 15) is 4.39 Å². The molecule has 1 aliphatic heterocycles. The standard InChI is InChI=1S/C26H36FN5S/c1-5-20(3)31(18-24-8-7-17-33-24)19-25-21(4)28-32(23-11-9-22(27)10-12-23)26(25)30-15-13-29(6-2)14-16-30/h7-12,17,20H,5-6,13-16,18-19H2,1-4H3/t20-/m0/s1. The molecule has 0 spiro atoms. The predicted octanol–water partition coefficient (Wildman–Crippen LogP) is 5.32. The molecule has 0 aliphatic carbocycles. The maximum absolute atomic E-state index is 13.7. The summed E-state index contributed by atoms with van der Waals surface area (Å²) in [5, 5.41) is 7.13. The zero-order chi connectivity index (χ0) is 23.4. The number of rotatable bonds is 9. The Morgan fingerprint density at radius 3 is 2.39 bits per heavy atom. The molecule has 0 amide bonds. The Bertz CT molecular complexity index is 1010. The number of piperazine rings is 1. The van der Waals surface area contributed by atoms with Crippen LogP contribution in [0.25, 0.3) is 5.69 Å². The van der Waals surface area contributed by atoms with Gasteiger partial charge in [-0.1, -0.05) is 19.9 Å². The van der Waals surface area contributed by atoms with E-state index in [0.29, 0.717) is 6.04 Å². The highest BCUT2D eigenvalue weighted by molar-refractivity contribution is 7.09. The molecule has 0 unspecified atom stereocenters. The van der Waals surface area contributed by atoms with Gasteiger partial charge in [0.25, 0.3) is 0 Å². The van der Waals surface area contributed by atoms with Crippen molar-refractivity contribution < 1.29 is 4.39 Å². The Morgan fingerprint density at radius 1 is 1.06 bits per heavy atom. The van der Waals surface area contributed by atoms with Crippen LogP contribution >= 0.6 is 11.3 Å². The number of hydrogen-bond acceptors (Lipinski definition) is 5. The third-order valence-electron chi connectivity index (χ3n) is 6.86. The molecule has 3 heterocycles. The first-order valence-corrected chi connectivity index (χ1v) is 13.0. The lowest BCUT2D eigenvalue weighted by Gasteiger charge is -2.37. The van der Waals surface area contributed by atoms with Gasteiger partial charge in [-0.15, -0.1) is 11.3 Å². The summed E-state index contributed by atoms with van der Waals surface area (Å²) in [6.45, 7) is 15.8. The Kier molecular flexibility index (Phi) is 7.83. The number of hydrogen-bond donors (Lipinski definition) is 0. The van der Waals surface area contributed by atoms with Crippen molar-refractivity contribution in [2.24, 2.45) is 0 Å². The summed E-state index contributed by atoms with van der Waals surface area (Å²) in [5.41, 5.74) is 3.24. The molecule has 1 aromatic carbocycles. The minimum Gasteiger partial charge on any atom is -0.354 e. The summed E-state index contributed by atoms with van der Waals surface area (Å²) >= 11 is 1.82. The fraction of sp³-hybridized carbons (Fsp3) is 0.500. The molecular formula is C26H36FN5S. The van der Waals surface area contributed by atoms with Gasteiger partial charge in [-0.25, -0.2) is 9.07 Å². The molecule has 1 fully saturated rings. The monoisotopic (exact) mass is 469 g/mol. The first-order valence-electron chi connectivity index (χ1n) is 12.1. The molecule has 0 radical (unpaired) electrons. The highest BCUT2D eigenvalue weighted by Gasteiger charge is 2.27. The van der Waals surface area contributed by atoms with Crippen molar-refractivity contribution in [2.45, 2.75) is 53.2 Å². The molecule has 4 rings (SSSR count). The van der Waals surface area contributed by atoms with Gasteiger partial charge in [0, 0.05) is 55.8 Å². The molecular weight excluding hydrogens is 433 g/mol. The van der Waals surface area contributed by atoms with E-state index in [2.05, 4.69) is 59.9 Å². The van der Waals surface area contributed by atoms with Crippen LogP contribution in [-0.4, -0.2) is 58.3 Å². The van der Waals surface area contributed by atoms with Gasteiger partial charge in [-0.2, -0.15) is 5.10 Å². The van der Waals surface area contributed by atoms with Crippen molar-refractivity contribution >= 4 is 17.2 Å². The van der Waals surface area contributed by atoms with Gasteiger partial charge in [-0.05, 0) is 62.5 Å². The van der Waals surface area contributed by atoms with Crippen LogP contribution in [0.5, 0.6) is 0 Å². The number of anilines is 1. The van der Waals surface area contributed by atoms with E-state index in [-0.39, 0.29) is 5.82 Å². The smallest absolute Gasteiger partial charge is 0.137 e. The molecule has 0 bridgehead atoms. The van der Waals surface area contributed by atoms with Crippen molar-refractivity contribution in [3.8, 4) is 5.69 Å². The summed E-state index contributed by atoms with van der Waals surface area (Å²) in [6, 6.07) is 11.5. The van der Waals surface area contributed by atoms with Crippen molar-refractivity contribution in [1.29, 1.82) is 0 Å². The van der Waals surface area contributed by atoms with Crippen LogP contribution < -0.4 is 4.90 Å².